The third-order valence-corrected chi connectivity index (χ3v) is 3.88. The van der Waals surface area contributed by atoms with Crippen LogP contribution in [0.4, 0.5) is 0 Å². The van der Waals surface area contributed by atoms with Crippen molar-refractivity contribution in [3.05, 3.63) is 36.8 Å². The lowest BCUT2D eigenvalue weighted by Gasteiger charge is -2.20. The Balaban J connectivity index is 2.17. The van der Waals surface area contributed by atoms with Gasteiger partial charge in [-0.05, 0) is 44.6 Å². The number of carbonyl (C=O) groups is 1. The fraction of sp³-hybridized carbons (Fsp3) is 0.611. The summed E-state index contributed by atoms with van der Waals surface area (Å²) in [5, 5.41) is 11.1. The van der Waals surface area contributed by atoms with Gasteiger partial charge in [0, 0.05) is 38.6 Å². The van der Waals surface area contributed by atoms with E-state index in [-0.39, 0.29) is 5.91 Å². The van der Waals surface area contributed by atoms with E-state index in [1.807, 2.05) is 10.9 Å². The first-order valence-corrected chi connectivity index (χ1v) is 8.75. The van der Waals surface area contributed by atoms with Crippen LogP contribution in [0.15, 0.2) is 31.1 Å². The number of hydrogen-bond acceptors (Lipinski definition) is 4. The molecular weight excluding hydrogens is 302 g/mol. The van der Waals surface area contributed by atoms with Gasteiger partial charge in [-0.3, -0.25) is 9.48 Å². The van der Waals surface area contributed by atoms with Gasteiger partial charge in [0.15, 0.2) is 0 Å². The monoisotopic (exact) mass is 333 g/mol. The minimum Gasteiger partial charge on any atom is -0.378 e. The van der Waals surface area contributed by atoms with Gasteiger partial charge in [0.1, 0.15) is 0 Å². The summed E-state index contributed by atoms with van der Waals surface area (Å²) >= 11 is 0. The Kier molecular flexibility index (Phi) is 9.49. The van der Waals surface area contributed by atoms with E-state index in [0.717, 1.165) is 57.3 Å². The zero-order valence-electron chi connectivity index (χ0n) is 15.1. The minimum absolute atomic E-state index is 0.138. The average Bonchev–Trinajstić information content (AvgIpc) is 3.03. The molecule has 0 fully saturated rings. The van der Waals surface area contributed by atoms with E-state index in [2.05, 4.69) is 47.7 Å². The molecule has 0 saturated carbocycles. The molecule has 0 saturated heterocycles. The smallest absolute Gasteiger partial charge is 0.243 e. The van der Waals surface area contributed by atoms with Gasteiger partial charge in [-0.15, -0.1) is 5.10 Å². The topological polar surface area (TPSA) is 63.1 Å². The van der Waals surface area contributed by atoms with Crippen molar-refractivity contribution in [2.45, 2.75) is 52.0 Å². The molecule has 0 aliphatic rings. The number of amides is 1. The van der Waals surface area contributed by atoms with Crippen molar-refractivity contribution < 1.29 is 4.79 Å². The summed E-state index contributed by atoms with van der Waals surface area (Å²) in [5.74, 6) is -0.138. The molecule has 1 N–H and O–H groups in total. The number of aromatic nitrogens is 3. The molecule has 134 valence electrons. The molecule has 0 aliphatic carbocycles. The quantitative estimate of drug-likeness (QED) is 0.445. The molecule has 1 heterocycles. The molecular formula is C18H31N5O. The Labute approximate surface area is 145 Å². The summed E-state index contributed by atoms with van der Waals surface area (Å²) in [4.78, 5) is 13.3. The molecule has 6 nitrogen and oxygen atoms in total. The highest BCUT2D eigenvalue weighted by Gasteiger charge is 2.04. The van der Waals surface area contributed by atoms with Crippen LogP contribution in [0, 0.1) is 0 Å². The highest BCUT2D eigenvalue weighted by Crippen LogP contribution is 2.11. The summed E-state index contributed by atoms with van der Waals surface area (Å²) in [6.07, 6.45) is 9.43. The largest absolute Gasteiger partial charge is 0.378 e. The number of nitrogens with zero attached hydrogens (tertiary/aromatic N) is 4. The summed E-state index contributed by atoms with van der Waals surface area (Å²) in [6, 6.07) is 0. The molecule has 1 aromatic heterocycles. The number of carbonyl (C=O) groups excluding carboxylic acids is 1. The first-order chi connectivity index (χ1) is 11.6. The van der Waals surface area contributed by atoms with Crippen molar-refractivity contribution in [1.29, 1.82) is 0 Å². The van der Waals surface area contributed by atoms with Crippen LogP contribution in [0.3, 0.4) is 0 Å². The first-order valence-electron chi connectivity index (χ1n) is 8.75. The van der Waals surface area contributed by atoms with E-state index in [1.165, 1.54) is 11.8 Å². The maximum Gasteiger partial charge on any atom is 0.243 e. The number of aryl methyl sites for hydroxylation is 2. The maximum absolute atomic E-state index is 11.0. The average molecular weight is 333 g/mol. The van der Waals surface area contributed by atoms with Crippen molar-refractivity contribution in [3.63, 3.8) is 0 Å². The Bertz CT molecular complexity index is 523. The van der Waals surface area contributed by atoms with Gasteiger partial charge in [-0.2, -0.15) is 0 Å². The van der Waals surface area contributed by atoms with E-state index in [9.17, 15) is 4.79 Å². The van der Waals surface area contributed by atoms with Crippen molar-refractivity contribution in [2.24, 2.45) is 0 Å². The molecule has 6 heteroatoms. The third-order valence-electron chi connectivity index (χ3n) is 3.88. The molecule has 24 heavy (non-hydrogen) atoms. The lowest BCUT2D eigenvalue weighted by atomic mass is 10.1. The van der Waals surface area contributed by atoms with E-state index in [4.69, 9.17) is 0 Å². The third kappa shape index (κ3) is 7.94. The zero-order valence-corrected chi connectivity index (χ0v) is 15.1. The molecule has 0 unspecified atom stereocenters. The van der Waals surface area contributed by atoms with Crippen LogP contribution in [-0.4, -0.2) is 45.9 Å². The van der Waals surface area contributed by atoms with Crippen LogP contribution < -0.4 is 5.32 Å². The van der Waals surface area contributed by atoms with Crippen LogP contribution in [0.25, 0.3) is 0 Å². The molecule has 0 radical (unpaired) electrons. The van der Waals surface area contributed by atoms with Crippen LogP contribution in [0.1, 0.15) is 44.7 Å². The summed E-state index contributed by atoms with van der Waals surface area (Å²) in [7, 11) is 2.11. The van der Waals surface area contributed by atoms with Gasteiger partial charge >= 0.3 is 0 Å². The Morgan fingerprint density at radius 3 is 2.92 bits per heavy atom. The lowest BCUT2D eigenvalue weighted by molar-refractivity contribution is -0.116. The van der Waals surface area contributed by atoms with E-state index < -0.39 is 0 Å². The maximum atomic E-state index is 11.0. The summed E-state index contributed by atoms with van der Waals surface area (Å²) in [6.45, 7) is 12.2. The molecule has 1 aromatic rings. The number of hydrogen-bond donors (Lipinski definition) is 1. The second-order valence-electron chi connectivity index (χ2n) is 6.02. The zero-order chi connectivity index (χ0) is 17.8. The second-order valence-corrected chi connectivity index (χ2v) is 6.02. The van der Waals surface area contributed by atoms with Crippen molar-refractivity contribution in [1.82, 2.24) is 25.2 Å². The van der Waals surface area contributed by atoms with Crippen LogP contribution >= 0.6 is 0 Å². The molecule has 0 spiro atoms. The second kappa shape index (κ2) is 11.4. The summed E-state index contributed by atoms with van der Waals surface area (Å²) < 4.78 is 1.84. The Morgan fingerprint density at radius 1 is 1.42 bits per heavy atom. The molecule has 0 atom stereocenters. The van der Waals surface area contributed by atoms with Crippen molar-refractivity contribution in [2.75, 3.05) is 20.1 Å². The lowest BCUT2D eigenvalue weighted by Crippen LogP contribution is -2.22. The SMILES string of the molecule is C=CC(=O)NCCCn1cc(CCCCC(=C)N(C)CCC)nn1. The van der Waals surface area contributed by atoms with Gasteiger partial charge in [-0.1, -0.05) is 25.3 Å². The Morgan fingerprint density at radius 2 is 2.21 bits per heavy atom. The van der Waals surface area contributed by atoms with Gasteiger partial charge in [0.2, 0.25) is 5.91 Å². The Hall–Kier alpha value is -2.11. The molecule has 0 aliphatic heterocycles. The van der Waals surface area contributed by atoms with Crippen molar-refractivity contribution >= 4 is 5.91 Å². The normalized spacial score (nSPS) is 10.4. The van der Waals surface area contributed by atoms with E-state index in [0.29, 0.717) is 6.54 Å². The molecule has 0 bridgehead atoms. The fourth-order valence-electron chi connectivity index (χ4n) is 2.41. The number of unbranched alkanes of at least 4 members (excludes halogenated alkanes) is 1. The standard InChI is InChI=1S/C18H31N5O/c1-5-13-22(4)16(3)10-7-8-11-17-15-23(21-20-17)14-9-12-19-18(24)6-2/h6,15H,2-3,5,7-14H2,1,4H3,(H,19,24). The van der Waals surface area contributed by atoms with Crippen LogP contribution in [0.2, 0.25) is 0 Å². The molecule has 0 aromatic carbocycles. The van der Waals surface area contributed by atoms with Crippen LogP contribution in [0.5, 0.6) is 0 Å². The fourth-order valence-corrected chi connectivity index (χ4v) is 2.41. The predicted molar refractivity (Wildman–Crippen MR) is 97.5 cm³/mol. The van der Waals surface area contributed by atoms with E-state index >= 15 is 0 Å². The van der Waals surface area contributed by atoms with Gasteiger partial charge in [0.25, 0.3) is 0 Å². The van der Waals surface area contributed by atoms with Crippen LogP contribution in [-0.2, 0) is 17.8 Å². The summed E-state index contributed by atoms with van der Waals surface area (Å²) in [5.41, 5.74) is 2.24. The predicted octanol–water partition coefficient (Wildman–Crippen LogP) is 2.54. The number of nitrogens with one attached hydrogen (secondary N) is 1. The van der Waals surface area contributed by atoms with E-state index in [1.54, 1.807) is 0 Å². The highest BCUT2D eigenvalue weighted by molar-refractivity contribution is 5.86. The van der Waals surface area contributed by atoms with Gasteiger partial charge in [-0.25, -0.2) is 0 Å². The molecule has 1 rings (SSSR count). The first kappa shape index (κ1) is 19.9. The number of rotatable bonds is 13. The molecule has 1 amide bonds. The minimum atomic E-state index is -0.138. The van der Waals surface area contributed by atoms with Crippen molar-refractivity contribution in [3.8, 4) is 0 Å². The number of allylic oxidation sites excluding steroid dienone is 1. The highest BCUT2D eigenvalue weighted by atomic mass is 16.1. The van der Waals surface area contributed by atoms with Gasteiger partial charge < -0.3 is 10.2 Å². The van der Waals surface area contributed by atoms with Gasteiger partial charge in [0.05, 0.1) is 5.69 Å².